The van der Waals surface area contributed by atoms with E-state index in [9.17, 15) is 22.4 Å². The summed E-state index contributed by atoms with van der Waals surface area (Å²) in [6.07, 6.45) is 0. The average molecular weight is 325 g/mol. The van der Waals surface area contributed by atoms with Gasteiger partial charge in [-0.2, -0.15) is 0 Å². The molecule has 2 aliphatic rings. The van der Waals surface area contributed by atoms with Gasteiger partial charge in [-0.25, -0.2) is 17.6 Å². The maximum absolute atomic E-state index is 13.6. The van der Waals surface area contributed by atoms with Crippen LogP contribution in [0.1, 0.15) is 10.4 Å². The van der Waals surface area contributed by atoms with Crippen molar-refractivity contribution in [3.63, 3.8) is 0 Å². The summed E-state index contributed by atoms with van der Waals surface area (Å²) >= 11 is 0. The van der Waals surface area contributed by atoms with Gasteiger partial charge >= 0.3 is 0 Å². The Kier molecular flexibility index (Phi) is 4.43. The first-order chi connectivity index (χ1) is 9.49. The van der Waals surface area contributed by atoms with Gasteiger partial charge < -0.3 is 10.2 Å². The van der Waals surface area contributed by atoms with Crippen molar-refractivity contribution in [1.82, 2.24) is 10.2 Å². The van der Waals surface area contributed by atoms with Crippen LogP contribution in [0.2, 0.25) is 0 Å². The number of benzene rings is 1. The first kappa shape index (κ1) is 16.0. The molecule has 2 saturated heterocycles. The van der Waals surface area contributed by atoms with Crippen molar-refractivity contribution in [2.75, 3.05) is 26.2 Å². The summed E-state index contributed by atoms with van der Waals surface area (Å²) in [5.41, 5.74) is -1.14. The van der Waals surface area contributed by atoms with Crippen LogP contribution in [0.25, 0.3) is 0 Å². The van der Waals surface area contributed by atoms with Crippen LogP contribution in [0.3, 0.4) is 0 Å². The molecule has 1 aromatic carbocycles. The van der Waals surface area contributed by atoms with Gasteiger partial charge in [0.15, 0.2) is 23.3 Å². The number of carbonyl (C=O) groups is 1. The van der Waals surface area contributed by atoms with Crippen LogP contribution >= 0.6 is 12.4 Å². The van der Waals surface area contributed by atoms with Gasteiger partial charge in [0.25, 0.3) is 5.91 Å². The van der Waals surface area contributed by atoms with Crippen molar-refractivity contribution in [3.8, 4) is 0 Å². The zero-order chi connectivity index (χ0) is 14.4. The van der Waals surface area contributed by atoms with Crippen LogP contribution in [-0.2, 0) is 0 Å². The molecule has 116 valence electrons. The molecule has 1 amide bonds. The van der Waals surface area contributed by atoms with Crippen LogP contribution in [-0.4, -0.2) is 37.0 Å². The van der Waals surface area contributed by atoms with Crippen molar-refractivity contribution in [2.24, 2.45) is 11.8 Å². The van der Waals surface area contributed by atoms with Gasteiger partial charge in [0.2, 0.25) is 0 Å². The Morgan fingerprint density at radius 1 is 1.05 bits per heavy atom. The number of rotatable bonds is 1. The minimum Gasteiger partial charge on any atom is -0.338 e. The van der Waals surface area contributed by atoms with E-state index >= 15 is 0 Å². The molecule has 2 fully saturated rings. The summed E-state index contributed by atoms with van der Waals surface area (Å²) in [6, 6.07) is 0.101. The fourth-order valence-corrected chi connectivity index (χ4v) is 2.94. The lowest BCUT2D eigenvalue weighted by atomic mass is 10.0. The molecule has 1 aromatic rings. The van der Waals surface area contributed by atoms with E-state index in [1.165, 1.54) is 4.90 Å². The number of nitrogens with one attached hydrogen (secondary N) is 1. The summed E-state index contributed by atoms with van der Waals surface area (Å²) in [5.74, 6) is -6.94. The Labute approximate surface area is 124 Å². The third-order valence-electron chi connectivity index (χ3n) is 4.00. The molecule has 8 heteroatoms. The monoisotopic (exact) mass is 324 g/mol. The second kappa shape index (κ2) is 5.81. The van der Waals surface area contributed by atoms with Gasteiger partial charge in [-0.05, 0) is 11.8 Å². The van der Waals surface area contributed by atoms with Gasteiger partial charge in [-0.3, -0.25) is 4.79 Å². The molecule has 0 bridgehead atoms. The lowest BCUT2D eigenvalue weighted by Crippen LogP contribution is -2.33. The van der Waals surface area contributed by atoms with Crippen LogP contribution < -0.4 is 5.32 Å². The molecule has 0 unspecified atom stereocenters. The third-order valence-corrected chi connectivity index (χ3v) is 4.00. The van der Waals surface area contributed by atoms with E-state index in [1.807, 2.05) is 0 Å². The molecule has 0 saturated carbocycles. The van der Waals surface area contributed by atoms with Gasteiger partial charge in [-0.15, -0.1) is 12.4 Å². The Morgan fingerprint density at radius 2 is 1.52 bits per heavy atom. The molecule has 0 aromatic heterocycles. The van der Waals surface area contributed by atoms with Crippen molar-refractivity contribution in [1.29, 1.82) is 0 Å². The molecular formula is C13H13ClF4N2O. The first-order valence-corrected chi connectivity index (χ1v) is 6.32. The summed E-state index contributed by atoms with van der Waals surface area (Å²) in [7, 11) is 0. The van der Waals surface area contributed by atoms with Gasteiger partial charge in [0.05, 0.1) is 0 Å². The number of nitrogens with zero attached hydrogens (tertiary/aromatic N) is 1. The molecule has 3 nitrogen and oxygen atoms in total. The van der Waals surface area contributed by atoms with Crippen LogP contribution in [0, 0.1) is 35.1 Å². The summed E-state index contributed by atoms with van der Waals surface area (Å²) < 4.78 is 53.5. The quantitative estimate of drug-likeness (QED) is 0.632. The van der Waals surface area contributed by atoms with E-state index in [-0.39, 0.29) is 30.3 Å². The summed E-state index contributed by atoms with van der Waals surface area (Å²) in [5, 5.41) is 3.16. The van der Waals surface area contributed by atoms with E-state index < -0.39 is 34.7 Å². The Morgan fingerprint density at radius 3 is 2.00 bits per heavy atom. The highest BCUT2D eigenvalue weighted by molar-refractivity contribution is 5.95. The van der Waals surface area contributed by atoms with E-state index in [0.717, 1.165) is 13.1 Å². The molecule has 1 N–H and O–H groups in total. The Bertz CT molecular complexity index is 546. The number of hydrogen-bond acceptors (Lipinski definition) is 2. The third kappa shape index (κ3) is 2.60. The Hall–Kier alpha value is -1.34. The molecule has 2 aliphatic heterocycles. The fraction of sp³-hybridized carbons (Fsp3) is 0.462. The summed E-state index contributed by atoms with van der Waals surface area (Å²) in [4.78, 5) is 13.4. The zero-order valence-electron chi connectivity index (χ0n) is 10.8. The highest BCUT2D eigenvalue weighted by atomic mass is 35.5. The Balaban J connectivity index is 0.00000161. The lowest BCUT2D eigenvalue weighted by Gasteiger charge is -2.18. The largest absolute Gasteiger partial charge is 0.338 e. The molecule has 0 spiro atoms. The molecular weight excluding hydrogens is 312 g/mol. The number of likely N-dealkylation sites (tertiary alicyclic amines) is 1. The van der Waals surface area contributed by atoms with E-state index in [2.05, 4.69) is 5.32 Å². The number of carbonyl (C=O) groups excluding carboxylic acids is 1. The normalized spacial score (nSPS) is 23.9. The van der Waals surface area contributed by atoms with Gasteiger partial charge in [-0.1, -0.05) is 0 Å². The van der Waals surface area contributed by atoms with Crippen LogP contribution in [0.4, 0.5) is 17.6 Å². The molecule has 0 aliphatic carbocycles. The number of hydrogen-bond donors (Lipinski definition) is 1. The average Bonchev–Trinajstić information content (AvgIpc) is 2.97. The molecule has 0 radical (unpaired) electrons. The lowest BCUT2D eigenvalue weighted by molar-refractivity contribution is 0.0769. The second-order valence-electron chi connectivity index (χ2n) is 5.23. The van der Waals surface area contributed by atoms with Crippen molar-refractivity contribution in [3.05, 3.63) is 34.9 Å². The minimum absolute atomic E-state index is 0. The smallest absolute Gasteiger partial charge is 0.260 e. The van der Waals surface area contributed by atoms with Crippen molar-refractivity contribution >= 4 is 18.3 Å². The molecule has 3 rings (SSSR count). The maximum Gasteiger partial charge on any atom is 0.260 e. The highest BCUT2D eigenvalue weighted by Gasteiger charge is 2.40. The van der Waals surface area contributed by atoms with E-state index in [0.29, 0.717) is 13.1 Å². The maximum atomic E-state index is 13.6. The zero-order valence-corrected chi connectivity index (χ0v) is 11.7. The van der Waals surface area contributed by atoms with E-state index in [4.69, 9.17) is 0 Å². The second-order valence-corrected chi connectivity index (χ2v) is 5.23. The van der Waals surface area contributed by atoms with E-state index in [1.54, 1.807) is 0 Å². The minimum atomic E-state index is -1.64. The SMILES string of the molecule is Cl.O=C(c1c(F)c(F)cc(F)c1F)N1C[C@H]2CNC[C@H]2C1. The van der Waals surface area contributed by atoms with Crippen LogP contribution in [0.5, 0.6) is 0 Å². The molecule has 2 atom stereocenters. The highest BCUT2D eigenvalue weighted by Crippen LogP contribution is 2.29. The van der Waals surface area contributed by atoms with Crippen molar-refractivity contribution in [2.45, 2.75) is 0 Å². The topological polar surface area (TPSA) is 32.3 Å². The predicted molar refractivity (Wildman–Crippen MR) is 69.3 cm³/mol. The number of fused-ring (bicyclic) bond motifs is 1. The van der Waals surface area contributed by atoms with Gasteiger partial charge in [0.1, 0.15) is 5.56 Å². The van der Waals surface area contributed by atoms with Crippen molar-refractivity contribution < 1.29 is 22.4 Å². The summed E-state index contributed by atoms with van der Waals surface area (Å²) in [6.45, 7) is 2.15. The number of halogens is 5. The molecule has 2 heterocycles. The van der Waals surface area contributed by atoms with Gasteiger partial charge in [0, 0.05) is 32.2 Å². The fourth-order valence-electron chi connectivity index (χ4n) is 2.94. The first-order valence-electron chi connectivity index (χ1n) is 6.32. The van der Waals surface area contributed by atoms with Crippen LogP contribution in [0.15, 0.2) is 6.07 Å². The predicted octanol–water partition coefficient (Wildman–Crippen LogP) is 1.96. The molecule has 21 heavy (non-hydrogen) atoms. The number of amides is 1. The standard InChI is InChI=1S/C13H12F4N2O.ClH/c14-8-1-9(15)12(17)10(11(8)16)13(20)19-4-6-2-18-3-7(6)5-19;/h1,6-7,18H,2-5H2;1H/t6-,7+;.